The minimum absolute atomic E-state index is 0.0876. The van der Waals surface area contributed by atoms with Crippen molar-refractivity contribution in [3.8, 4) is 0 Å². The van der Waals surface area contributed by atoms with Crippen molar-refractivity contribution in [3.63, 3.8) is 0 Å². The number of rotatable bonds is 3. The normalized spacial score (nSPS) is 12.2. The summed E-state index contributed by atoms with van der Waals surface area (Å²) in [5.74, 6) is -0.237. The quantitative estimate of drug-likeness (QED) is 0.893. The zero-order chi connectivity index (χ0) is 13.1. The lowest BCUT2D eigenvalue weighted by Crippen LogP contribution is -2.16. The second-order valence-corrected chi connectivity index (χ2v) is 4.36. The molecule has 2 aromatic rings. The number of para-hydroxylation sites is 2. The van der Waals surface area contributed by atoms with Gasteiger partial charge in [-0.2, -0.15) is 0 Å². The third kappa shape index (κ3) is 2.36. The maximum atomic E-state index is 13.8. The molecule has 0 aliphatic carbocycles. The molecule has 2 aromatic carbocycles. The summed E-state index contributed by atoms with van der Waals surface area (Å²) >= 11 is 0. The molecule has 2 N–H and O–H groups in total. The van der Waals surface area contributed by atoms with Crippen molar-refractivity contribution in [2.75, 3.05) is 11.9 Å². The van der Waals surface area contributed by atoms with Gasteiger partial charge in [0.05, 0.1) is 5.69 Å². The van der Waals surface area contributed by atoms with Crippen molar-refractivity contribution >= 4 is 11.4 Å². The van der Waals surface area contributed by atoms with E-state index in [1.54, 1.807) is 12.1 Å². The lowest BCUT2D eigenvalue weighted by Gasteiger charge is -2.24. The van der Waals surface area contributed by atoms with Crippen LogP contribution in [0.5, 0.6) is 0 Å². The summed E-state index contributed by atoms with van der Waals surface area (Å²) in [6, 6.07) is 14.4. The first kappa shape index (κ1) is 12.6. The smallest absolute Gasteiger partial charge is 0.146 e. The Balaban J connectivity index is 2.46. The van der Waals surface area contributed by atoms with Crippen molar-refractivity contribution in [1.82, 2.24) is 0 Å². The summed E-state index contributed by atoms with van der Waals surface area (Å²) in [5, 5.41) is 0. The Morgan fingerprint density at radius 2 is 1.56 bits per heavy atom. The summed E-state index contributed by atoms with van der Waals surface area (Å²) in [6.45, 7) is 1.92. The van der Waals surface area contributed by atoms with Crippen LogP contribution in [0.15, 0.2) is 48.5 Å². The predicted octanol–water partition coefficient (Wildman–Crippen LogP) is 3.61. The molecule has 0 aromatic heterocycles. The van der Waals surface area contributed by atoms with E-state index in [2.05, 4.69) is 0 Å². The van der Waals surface area contributed by atoms with E-state index in [1.165, 1.54) is 6.07 Å². The summed E-state index contributed by atoms with van der Waals surface area (Å²) in [5.41, 5.74) is 8.43. The number of nitrogens with two attached hydrogens (primary N) is 1. The van der Waals surface area contributed by atoms with Gasteiger partial charge in [-0.05, 0) is 30.7 Å². The van der Waals surface area contributed by atoms with Crippen LogP contribution < -0.4 is 10.6 Å². The van der Waals surface area contributed by atoms with Gasteiger partial charge in [-0.3, -0.25) is 0 Å². The van der Waals surface area contributed by atoms with E-state index in [-0.39, 0.29) is 11.9 Å². The van der Waals surface area contributed by atoms with E-state index in [1.807, 2.05) is 49.2 Å². The average Bonchev–Trinajstić information content (AvgIpc) is 2.38. The predicted molar refractivity (Wildman–Crippen MR) is 73.5 cm³/mol. The molecule has 0 saturated heterocycles. The summed E-state index contributed by atoms with van der Waals surface area (Å²) < 4.78 is 13.8. The van der Waals surface area contributed by atoms with Crippen LogP contribution in [0.1, 0.15) is 18.5 Å². The van der Waals surface area contributed by atoms with Gasteiger partial charge in [0.1, 0.15) is 5.82 Å². The Kier molecular flexibility index (Phi) is 3.63. The zero-order valence-electron chi connectivity index (χ0n) is 10.6. The molecular formula is C15H17FN2. The second-order valence-electron chi connectivity index (χ2n) is 4.36. The first-order valence-electron chi connectivity index (χ1n) is 5.94. The van der Waals surface area contributed by atoms with E-state index in [0.717, 1.165) is 11.3 Å². The van der Waals surface area contributed by atoms with E-state index in [9.17, 15) is 4.39 Å². The Morgan fingerprint density at radius 1 is 1.00 bits per heavy atom. The highest BCUT2D eigenvalue weighted by molar-refractivity contribution is 5.66. The fraction of sp³-hybridized carbons (Fsp3) is 0.200. The van der Waals surface area contributed by atoms with Gasteiger partial charge in [0.2, 0.25) is 0 Å². The number of halogens is 1. The molecule has 3 heteroatoms. The van der Waals surface area contributed by atoms with Crippen LogP contribution in [0.25, 0.3) is 0 Å². The third-order valence-corrected chi connectivity index (χ3v) is 3.00. The molecule has 0 saturated carbocycles. The van der Waals surface area contributed by atoms with E-state index < -0.39 is 0 Å². The molecule has 18 heavy (non-hydrogen) atoms. The Hall–Kier alpha value is -1.87. The maximum absolute atomic E-state index is 13.8. The Labute approximate surface area is 107 Å². The van der Waals surface area contributed by atoms with Crippen LogP contribution in [-0.4, -0.2) is 7.05 Å². The lowest BCUT2D eigenvalue weighted by molar-refractivity contribution is 0.627. The number of hydrogen-bond donors (Lipinski definition) is 1. The molecule has 1 atom stereocenters. The molecule has 0 radical (unpaired) electrons. The summed E-state index contributed by atoms with van der Waals surface area (Å²) in [7, 11) is 1.85. The van der Waals surface area contributed by atoms with Crippen molar-refractivity contribution in [3.05, 3.63) is 59.9 Å². The van der Waals surface area contributed by atoms with Gasteiger partial charge in [-0.15, -0.1) is 0 Å². The average molecular weight is 244 g/mol. The van der Waals surface area contributed by atoms with Crippen molar-refractivity contribution in [2.24, 2.45) is 5.73 Å². The third-order valence-electron chi connectivity index (χ3n) is 3.00. The lowest BCUT2D eigenvalue weighted by atomic mass is 10.1. The number of hydrogen-bond acceptors (Lipinski definition) is 2. The SMILES string of the molecule is C[C@H](N)c1ccccc1N(C)c1ccccc1F. The molecule has 0 unspecified atom stereocenters. The highest BCUT2D eigenvalue weighted by atomic mass is 19.1. The van der Waals surface area contributed by atoms with Crippen LogP contribution in [-0.2, 0) is 0 Å². The molecule has 0 aliphatic rings. The fourth-order valence-corrected chi connectivity index (χ4v) is 2.03. The minimum atomic E-state index is -0.237. The number of anilines is 2. The molecule has 94 valence electrons. The van der Waals surface area contributed by atoms with Gasteiger partial charge >= 0.3 is 0 Å². The highest BCUT2D eigenvalue weighted by Crippen LogP contribution is 2.31. The minimum Gasteiger partial charge on any atom is -0.342 e. The van der Waals surface area contributed by atoms with Crippen LogP contribution in [0.4, 0.5) is 15.8 Å². The second kappa shape index (κ2) is 5.19. The summed E-state index contributed by atoms with van der Waals surface area (Å²) in [4.78, 5) is 1.83. The van der Waals surface area contributed by atoms with Crippen LogP contribution >= 0.6 is 0 Å². The van der Waals surface area contributed by atoms with Gasteiger partial charge in [0.15, 0.2) is 0 Å². The van der Waals surface area contributed by atoms with E-state index in [4.69, 9.17) is 5.73 Å². The Morgan fingerprint density at radius 3 is 2.17 bits per heavy atom. The van der Waals surface area contributed by atoms with E-state index >= 15 is 0 Å². The number of nitrogens with zero attached hydrogens (tertiary/aromatic N) is 1. The van der Waals surface area contributed by atoms with Crippen molar-refractivity contribution in [1.29, 1.82) is 0 Å². The first-order chi connectivity index (χ1) is 8.61. The van der Waals surface area contributed by atoms with E-state index in [0.29, 0.717) is 5.69 Å². The van der Waals surface area contributed by atoms with Gasteiger partial charge in [-0.25, -0.2) is 4.39 Å². The van der Waals surface area contributed by atoms with Crippen molar-refractivity contribution in [2.45, 2.75) is 13.0 Å². The van der Waals surface area contributed by atoms with Crippen LogP contribution in [0.3, 0.4) is 0 Å². The molecule has 0 spiro atoms. The molecule has 0 amide bonds. The molecule has 2 rings (SSSR count). The molecule has 2 nitrogen and oxygen atoms in total. The molecule has 0 bridgehead atoms. The summed E-state index contributed by atoms with van der Waals surface area (Å²) in [6.07, 6.45) is 0. The van der Waals surface area contributed by atoms with Gasteiger partial charge < -0.3 is 10.6 Å². The fourth-order valence-electron chi connectivity index (χ4n) is 2.03. The molecule has 0 fully saturated rings. The van der Waals surface area contributed by atoms with Gasteiger partial charge in [0, 0.05) is 18.8 Å². The first-order valence-corrected chi connectivity index (χ1v) is 5.94. The van der Waals surface area contributed by atoms with Gasteiger partial charge in [0.25, 0.3) is 0 Å². The topological polar surface area (TPSA) is 29.3 Å². The highest BCUT2D eigenvalue weighted by Gasteiger charge is 2.13. The molecule has 0 heterocycles. The maximum Gasteiger partial charge on any atom is 0.146 e. The van der Waals surface area contributed by atoms with Crippen LogP contribution in [0, 0.1) is 5.82 Å². The van der Waals surface area contributed by atoms with Crippen molar-refractivity contribution < 1.29 is 4.39 Å². The Bertz CT molecular complexity index is 538. The standard InChI is InChI=1S/C15H17FN2/c1-11(17)12-7-3-5-9-14(12)18(2)15-10-6-4-8-13(15)16/h3-11H,17H2,1-2H3/t11-/m0/s1. The largest absolute Gasteiger partial charge is 0.342 e. The molecular weight excluding hydrogens is 227 g/mol. The molecule has 0 aliphatic heterocycles. The number of benzene rings is 2. The zero-order valence-corrected chi connectivity index (χ0v) is 10.6. The van der Waals surface area contributed by atoms with Gasteiger partial charge in [-0.1, -0.05) is 30.3 Å². The van der Waals surface area contributed by atoms with Crippen LogP contribution in [0.2, 0.25) is 0 Å². The monoisotopic (exact) mass is 244 g/mol.